The Kier molecular flexibility index (Phi) is 1.67. The second kappa shape index (κ2) is 2.99. The number of nitrogens with one attached hydrogen (secondary N) is 3. The highest BCUT2D eigenvalue weighted by molar-refractivity contribution is 5.81. The van der Waals surface area contributed by atoms with Crippen molar-refractivity contribution in [2.24, 2.45) is 0 Å². The van der Waals surface area contributed by atoms with Crippen LogP contribution in [0, 0.1) is 0 Å². The van der Waals surface area contributed by atoms with Crippen LogP contribution in [-0.4, -0.2) is 29.3 Å². The van der Waals surface area contributed by atoms with Crippen LogP contribution in [0.4, 0.5) is 5.69 Å². The maximum Gasteiger partial charge on any atom is 0.0670 e. The summed E-state index contributed by atoms with van der Waals surface area (Å²) in [4.78, 5) is 0. The quantitative estimate of drug-likeness (QED) is 0.657. The summed E-state index contributed by atoms with van der Waals surface area (Å²) in [6, 6.07) is 6.85. The Balaban J connectivity index is 1.88. The fourth-order valence-corrected chi connectivity index (χ4v) is 1.65. The van der Waals surface area contributed by atoms with Gasteiger partial charge in [-0.15, -0.1) is 0 Å². The molecule has 1 fully saturated rings. The van der Waals surface area contributed by atoms with E-state index in [4.69, 9.17) is 0 Å². The molecule has 0 amide bonds. The average molecular weight is 188 g/mol. The highest BCUT2D eigenvalue weighted by Gasteiger charge is 2.15. The first-order chi connectivity index (χ1) is 6.92. The predicted molar refractivity (Wildman–Crippen MR) is 56.4 cm³/mol. The van der Waals surface area contributed by atoms with E-state index < -0.39 is 0 Å². The number of aromatic amines is 1. The van der Waals surface area contributed by atoms with E-state index in [0.29, 0.717) is 6.04 Å². The van der Waals surface area contributed by atoms with Gasteiger partial charge in [0.2, 0.25) is 0 Å². The van der Waals surface area contributed by atoms with Crippen molar-refractivity contribution in [1.82, 2.24) is 15.5 Å². The summed E-state index contributed by atoms with van der Waals surface area (Å²) in [6.45, 7) is 2.11. The summed E-state index contributed by atoms with van der Waals surface area (Å²) in [5, 5.41) is 14.8. The molecule has 2 aromatic rings. The maximum atomic E-state index is 3.99. The molecular formula is C10H12N4. The summed E-state index contributed by atoms with van der Waals surface area (Å²) in [5.41, 5.74) is 2.25. The predicted octanol–water partition coefficient (Wildman–Crippen LogP) is 0.947. The third-order valence-electron chi connectivity index (χ3n) is 2.59. The van der Waals surface area contributed by atoms with Gasteiger partial charge in [-0.2, -0.15) is 5.10 Å². The second-order valence-electron chi connectivity index (χ2n) is 3.67. The zero-order valence-corrected chi connectivity index (χ0v) is 7.75. The molecule has 1 aromatic carbocycles. The monoisotopic (exact) mass is 188 g/mol. The number of hydrogen-bond acceptors (Lipinski definition) is 3. The van der Waals surface area contributed by atoms with Crippen molar-refractivity contribution in [2.45, 2.75) is 6.04 Å². The Morgan fingerprint density at radius 2 is 2.29 bits per heavy atom. The summed E-state index contributed by atoms with van der Waals surface area (Å²) in [6.07, 6.45) is 1.84. The van der Waals surface area contributed by atoms with Gasteiger partial charge in [-0.25, -0.2) is 0 Å². The van der Waals surface area contributed by atoms with Crippen LogP contribution in [-0.2, 0) is 0 Å². The number of H-pyrrole nitrogens is 1. The molecule has 4 nitrogen and oxygen atoms in total. The number of fused-ring (bicyclic) bond motifs is 1. The molecule has 0 atom stereocenters. The van der Waals surface area contributed by atoms with Crippen LogP contribution in [0.3, 0.4) is 0 Å². The van der Waals surface area contributed by atoms with Gasteiger partial charge in [-0.1, -0.05) is 0 Å². The number of anilines is 1. The maximum absolute atomic E-state index is 3.99. The van der Waals surface area contributed by atoms with E-state index >= 15 is 0 Å². The largest absolute Gasteiger partial charge is 0.380 e. The molecule has 72 valence electrons. The van der Waals surface area contributed by atoms with Crippen LogP contribution in [0.5, 0.6) is 0 Å². The van der Waals surface area contributed by atoms with Crippen molar-refractivity contribution in [1.29, 1.82) is 0 Å². The lowest BCUT2D eigenvalue weighted by molar-refractivity contribution is 0.472. The highest BCUT2D eigenvalue weighted by Crippen LogP contribution is 2.17. The van der Waals surface area contributed by atoms with Crippen LogP contribution in [0.2, 0.25) is 0 Å². The minimum absolute atomic E-state index is 0.579. The molecular weight excluding hydrogens is 176 g/mol. The fraction of sp³-hybridized carbons (Fsp3) is 0.300. The van der Waals surface area contributed by atoms with Gasteiger partial charge in [-0.3, -0.25) is 5.10 Å². The van der Waals surface area contributed by atoms with Crippen molar-refractivity contribution < 1.29 is 0 Å². The van der Waals surface area contributed by atoms with Crippen LogP contribution >= 0.6 is 0 Å². The molecule has 4 heteroatoms. The Morgan fingerprint density at radius 1 is 1.36 bits per heavy atom. The second-order valence-corrected chi connectivity index (χ2v) is 3.67. The summed E-state index contributed by atoms with van der Waals surface area (Å²) in [5.74, 6) is 0. The van der Waals surface area contributed by atoms with Crippen LogP contribution in [0.15, 0.2) is 24.4 Å². The average Bonchev–Trinajstić information content (AvgIpc) is 2.58. The molecule has 1 aliphatic rings. The first kappa shape index (κ1) is 7.82. The van der Waals surface area contributed by atoms with Crippen molar-refractivity contribution in [2.75, 3.05) is 18.4 Å². The molecule has 2 heterocycles. The molecule has 3 rings (SSSR count). The third kappa shape index (κ3) is 1.24. The molecule has 0 unspecified atom stereocenters. The van der Waals surface area contributed by atoms with E-state index in [-0.39, 0.29) is 0 Å². The third-order valence-corrected chi connectivity index (χ3v) is 2.59. The molecule has 1 aliphatic heterocycles. The van der Waals surface area contributed by atoms with E-state index in [1.54, 1.807) is 0 Å². The molecule has 1 aromatic heterocycles. The Morgan fingerprint density at radius 3 is 3.07 bits per heavy atom. The topological polar surface area (TPSA) is 52.7 Å². The number of aromatic nitrogens is 2. The molecule has 1 saturated heterocycles. The van der Waals surface area contributed by atoms with Crippen LogP contribution < -0.4 is 10.6 Å². The minimum Gasteiger partial charge on any atom is -0.380 e. The van der Waals surface area contributed by atoms with E-state index in [2.05, 4.69) is 39.0 Å². The zero-order chi connectivity index (χ0) is 9.38. The lowest BCUT2D eigenvalue weighted by Gasteiger charge is -2.28. The zero-order valence-electron chi connectivity index (χ0n) is 7.75. The Hall–Kier alpha value is -1.55. The van der Waals surface area contributed by atoms with Gasteiger partial charge < -0.3 is 10.6 Å². The smallest absolute Gasteiger partial charge is 0.0670 e. The van der Waals surface area contributed by atoms with Crippen LogP contribution in [0.1, 0.15) is 0 Å². The lowest BCUT2D eigenvalue weighted by Crippen LogP contribution is -2.51. The standard InChI is InChI=1S/C10H12N4/c1-2-8(13-9-5-11-6-9)3-10-7(1)4-12-14-10/h1-4,9,11,13H,5-6H2,(H,12,14). The van der Waals surface area contributed by atoms with Gasteiger partial charge in [0.15, 0.2) is 0 Å². The van der Waals surface area contributed by atoms with E-state index in [9.17, 15) is 0 Å². The van der Waals surface area contributed by atoms with E-state index in [1.165, 1.54) is 0 Å². The molecule has 14 heavy (non-hydrogen) atoms. The van der Waals surface area contributed by atoms with E-state index in [0.717, 1.165) is 29.7 Å². The van der Waals surface area contributed by atoms with Crippen molar-refractivity contribution >= 4 is 16.6 Å². The summed E-state index contributed by atoms with van der Waals surface area (Å²) in [7, 11) is 0. The molecule has 3 N–H and O–H groups in total. The molecule has 0 spiro atoms. The SMILES string of the molecule is c1cc2cn[nH]c2cc1NC1CNC1. The fourth-order valence-electron chi connectivity index (χ4n) is 1.65. The van der Waals surface area contributed by atoms with Gasteiger partial charge in [0.1, 0.15) is 0 Å². The Labute approximate surface area is 81.7 Å². The number of nitrogens with zero attached hydrogens (tertiary/aromatic N) is 1. The highest BCUT2D eigenvalue weighted by atomic mass is 15.1. The van der Waals surface area contributed by atoms with Gasteiger partial charge >= 0.3 is 0 Å². The van der Waals surface area contributed by atoms with Gasteiger partial charge in [0, 0.05) is 24.2 Å². The summed E-state index contributed by atoms with van der Waals surface area (Å²) >= 11 is 0. The first-order valence-electron chi connectivity index (χ1n) is 4.82. The number of benzene rings is 1. The van der Waals surface area contributed by atoms with Crippen molar-refractivity contribution in [3.05, 3.63) is 24.4 Å². The molecule has 0 saturated carbocycles. The van der Waals surface area contributed by atoms with Crippen molar-refractivity contribution in [3.8, 4) is 0 Å². The lowest BCUT2D eigenvalue weighted by atomic mass is 10.1. The first-order valence-corrected chi connectivity index (χ1v) is 4.82. The number of hydrogen-bond donors (Lipinski definition) is 3. The molecule has 0 aliphatic carbocycles. The van der Waals surface area contributed by atoms with Gasteiger partial charge in [0.25, 0.3) is 0 Å². The van der Waals surface area contributed by atoms with Gasteiger partial charge in [-0.05, 0) is 18.2 Å². The Bertz CT molecular complexity index is 444. The minimum atomic E-state index is 0.579. The van der Waals surface area contributed by atoms with Crippen molar-refractivity contribution in [3.63, 3.8) is 0 Å². The normalized spacial score (nSPS) is 16.9. The van der Waals surface area contributed by atoms with Crippen LogP contribution in [0.25, 0.3) is 10.9 Å². The summed E-state index contributed by atoms with van der Waals surface area (Å²) < 4.78 is 0. The molecule has 0 radical (unpaired) electrons. The number of rotatable bonds is 2. The molecule has 0 bridgehead atoms. The van der Waals surface area contributed by atoms with E-state index in [1.807, 2.05) is 6.20 Å². The van der Waals surface area contributed by atoms with Gasteiger partial charge in [0.05, 0.1) is 17.8 Å².